The molecule has 1 N–H and O–H groups in total. The highest BCUT2D eigenvalue weighted by molar-refractivity contribution is 5.82. The summed E-state index contributed by atoms with van der Waals surface area (Å²) in [6.07, 6.45) is 2.48. The van der Waals surface area contributed by atoms with Crippen LogP contribution in [0.25, 0.3) is 0 Å². The molecule has 2 amide bonds. The molecule has 3 rings (SSSR count). The van der Waals surface area contributed by atoms with Crippen LogP contribution in [0.3, 0.4) is 0 Å². The summed E-state index contributed by atoms with van der Waals surface area (Å²) >= 11 is 0. The number of hydrogen-bond donors (Lipinski definition) is 1. The quantitative estimate of drug-likeness (QED) is 0.817. The number of nitrogens with zero attached hydrogens (tertiary/aromatic N) is 1. The van der Waals surface area contributed by atoms with Crippen LogP contribution in [0.1, 0.15) is 24.0 Å². The highest BCUT2D eigenvalue weighted by Gasteiger charge is 2.30. The molecule has 1 aliphatic rings. The van der Waals surface area contributed by atoms with Crippen LogP contribution < -0.4 is 5.32 Å². The van der Waals surface area contributed by atoms with E-state index >= 15 is 0 Å². The minimum absolute atomic E-state index is 0.0276. The van der Waals surface area contributed by atoms with Gasteiger partial charge in [0.15, 0.2) is 0 Å². The van der Waals surface area contributed by atoms with Gasteiger partial charge in [0.2, 0.25) is 11.8 Å². The van der Waals surface area contributed by atoms with Crippen LogP contribution in [0.5, 0.6) is 0 Å². The number of rotatable bonds is 7. The lowest BCUT2D eigenvalue weighted by Crippen LogP contribution is -2.35. The molecule has 142 valence electrons. The largest absolute Gasteiger partial charge is 0.355 e. The van der Waals surface area contributed by atoms with E-state index in [0.717, 1.165) is 12.0 Å². The van der Waals surface area contributed by atoms with Crippen molar-refractivity contribution >= 4 is 11.8 Å². The molecule has 5 heteroatoms. The topological polar surface area (TPSA) is 49.4 Å². The summed E-state index contributed by atoms with van der Waals surface area (Å²) < 4.78 is 12.9. The van der Waals surface area contributed by atoms with Gasteiger partial charge < -0.3 is 10.2 Å². The molecule has 2 aromatic rings. The van der Waals surface area contributed by atoms with Gasteiger partial charge in [-0.1, -0.05) is 42.5 Å². The van der Waals surface area contributed by atoms with Gasteiger partial charge in [-0.05, 0) is 42.5 Å². The number of hydrogen-bond acceptors (Lipinski definition) is 2. The number of carbonyl (C=O) groups is 2. The third-order valence-corrected chi connectivity index (χ3v) is 5.01. The summed E-state index contributed by atoms with van der Waals surface area (Å²) in [6.45, 7) is 1.72. The van der Waals surface area contributed by atoms with E-state index in [1.165, 1.54) is 17.7 Å². The lowest BCUT2D eigenvalue weighted by Gasteiger charge is -2.16. The number of likely N-dealkylation sites (tertiary alicyclic amines) is 1. The molecule has 0 aliphatic carbocycles. The number of benzene rings is 2. The number of carbonyl (C=O) groups excluding carboxylic acids is 2. The second-order valence-corrected chi connectivity index (χ2v) is 6.98. The molecular formula is C22H25FN2O2. The second kappa shape index (κ2) is 9.31. The summed E-state index contributed by atoms with van der Waals surface area (Å²) in [6, 6.07) is 16.3. The van der Waals surface area contributed by atoms with Gasteiger partial charge in [0, 0.05) is 26.1 Å². The van der Waals surface area contributed by atoms with E-state index in [0.29, 0.717) is 38.9 Å². The van der Waals surface area contributed by atoms with Crippen molar-refractivity contribution in [2.75, 3.05) is 19.6 Å². The fourth-order valence-electron chi connectivity index (χ4n) is 3.38. The van der Waals surface area contributed by atoms with Crippen molar-refractivity contribution in [2.24, 2.45) is 5.92 Å². The smallest absolute Gasteiger partial charge is 0.224 e. The summed E-state index contributed by atoms with van der Waals surface area (Å²) in [5, 5.41) is 2.98. The summed E-state index contributed by atoms with van der Waals surface area (Å²) in [5.74, 6) is -0.319. The van der Waals surface area contributed by atoms with Crippen LogP contribution in [0.4, 0.5) is 4.39 Å². The van der Waals surface area contributed by atoms with Crippen molar-refractivity contribution in [3.63, 3.8) is 0 Å². The van der Waals surface area contributed by atoms with E-state index in [-0.39, 0.29) is 23.5 Å². The molecule has 0 saturated carbocycles. The van der Waals surface area contributed by atoms with Gasteiger partial charge >= 0.3 is 0 Å². The Labute approximate surface area is 159 Å². The zero-order valence-electron chi connectivity index (χ0n) is 15.4. The minimum Gasteiger partial charge on any atom is -0.355 e. The first-order valence-electron chi connectivity index (χ1n) is 9.45. The summed E-state index contributed by atoms with van der Waals surface area (Å²) in [4.78, 5) is 26.5. The molecule has 4 nitrogen and oxygen atoms in total. The van der Waals surface area contributed by atoms with Crippen LogP contribution in [0, 0.1) is 11.7 Å². The average molecular weight is 368 g/mol. The lowest BCUT2D eigenvalue weighted by molar-refractivity contribution is -0.130. The van der Waals surface area contributed by atoms with Gasteiger partial charge in [-0.25, -0.2) is 4.39 Å². The first kappa shape index (κ1) is 19.1. The van der Waals surface area contributed by atoms with Crippen molar-refractivity contribution in [3.05, 3.63) is 71.5 Å². The molecule has 1 saturated heterocycles. The van der Waals surface area contributed by atoms with Crippen molar-refractivity contribution in [3.8, 4) is 0 Å². The van der Waals surface area contributed by atoms with Gasteiger partial charge in [0.05, 0.1) is 5.92 Å². The normalized spacial score (nSPS) is 16.3. The molecular weight excluding hydrogens is 343 g/mol. The van der Waals surface area contributed by atoms with Crippen LogP contribution in [-0.2, 0) is 22.4 Å². The lowest BCUT2D eigenvalue weighted by atomic mass is 10.1. The zero-order valence-corrected chi connectivity index (χ0v) is 15.4. The number of nitrogens with one attached hydrogen (secondary N) is 1. The Balaban J connectivity index is 1.38. The predicted octanol–water partition coefficient (Wildman–Crippen LogP) is 2.97. The highest BCUT2D eigenvalue weighted by atomic mass is 19.1. The zero-order chi connectivity index (χ0) is 19.1. The Bertz CT molecular complexity index is 762. The fraction of sp³-hybridized carbons (Fsp3) is 0.364. The van der Waals surface area contributed by atoms with E-state index in [2.05, 4.69) is 5.32 Å². The number of halogens is 1. The van der Waals surface area contributed by atoms with E-state index in [1.807, 2.05) is 30.3 Å². The number of amides is 2. The van der Waals surface area contributed by atoms with Crippen molar-refractivity contribution < 1.29 is 14.0 Å². The monoisotopic (exact) mass is 368 g/mol. The first-order valence-corrected chi connectivity index (χ1v) is 9.45. The predicted molar refractivity (Wildman–Crippen MR) is 103 cm³/mol. The second-order valence-electron chi connectivity index (χ2n) is 6.98. The fourth-order valence-corrected chi connectivity index (χ4v) is 3.38. The summed E-state index contributed by atoms with van der Waals surface area (Å²) in [5.41, 5.74) is 2.14. The van der Waals surface area contributed by atoms with Gasteiger partial charge in [-0.15, -0.1) is 0 Å². The Morgan fingerprint density at radius 1 is 1.00 bits per heavy atom. The molecule has 0 aromatic heterocycles. The van der Waals surface area contributed by atoms with E-state index in [4.69, 9.17) is 0 Å². The van der Waals surface area contributed by atoms with Crippen molar-refractivity contribution in [2.45, 2.75) is 25.7 Å². The first-order chi connectivity index (χ1) is 13.1. The maximum absolute atomic E-state index is 12.9. The van der Waals surface area contributed by atoms with Gasteiger partial charge in [-0.2, -0.15) is 0 Å². The molecule has 1 atom stereocenters. The van der Waals surface area contributed by atoms with E-state index in [1.54, 1.807) is 17.0 Å². The van der Waals surface area contributed by atoms with Crippen molar-refractivity contribution in [1.82, 2.24) is 10.2 Å². The highest BCUT2D eigenvalue weighted by Crippen LogP contribution is 2.18. The van der Waals surface area contributed by atoms with Crippen LogP contribution in [-0.4, -0.2) is 36.3 Å². The molecule has 0 spiro atoms. The maximum Gasteiger partial charge on any atom is 0.224 e. The third kappa shape index (κ3) is 5.64. The minimum atomic E-state index is -0.272. The number of aryl methyl sites for hydroxylation is 1. The molecule has 27 heavy (non-hydrogen) atoms. The Kier molecular flexibility index (Phi) is 6.58. The van der Waals surface area contributed by atoms with Crippen molar-refractivity contribution in [1.29, 1.82) is 0 Å². The molecule has 0 bridgehead atoms. The molecule has 1 fully saturated rings. The van der Waals surface area contributed by atoms with Crippen LogP contribution >= 0.6 is 0 Å². The van der Waals surface area contributed by atoms with E-state index < -0.39 is 0 Å². The van der Waals surface area contributed by atoms with Gasteiger partial charge in [0.25, 0.3) is 0 Å². The van der Waals surface area contributed by atoms with Gasteiger partial charge in [0.1, 0.15) is 5.82 Å². The Hall–Kier alpha value is -2.69. The van der Waals surface area contributed by atoms with Crippen LogP contribution in [0.2, 0.25) is 0 Å². The Morgan fingerprint density at radius 3 is 2.44 bits per heavy atom. The molecule has 0 radical (unpaired) electrons. The van der Waals surface area contributed by atoms with Crippen LogP contribution in [0.15, 0.2) is 54.6 Å². The van der Waals surface area contributed by atoms with Gasteiger partial charge in [-0.3, -0.25) is 9.59 Å². The standard InChI is InChI=1S/C22H25FN2O2/c23-20-9-6-18(7-10-20)8-11-21(26)25-15-13-19(16-25)22(27)24-14-12-17-4-2-1-3-5-17/h1-7,9-10,19H,8,11-16H2,(H,24,27)/t19-/m1/s1. The summed E-state index contributed by atoms with van der Waals surface area (Å²) in [7, 11) is 0. The molecule has 2 aromatic carbocycles. The SMILES string of the molecule is O=C(NCCc1ccccc1)[C@@H]1CCN(C(=O)CCc2ccc(F)cc2)C1. The molecule has 1 aliphatic heterocycles. The van der Waals surface area contributed by atoms with E-state index in [9.17, 15) is 14.0 Å². The maximum atomic E-state index is 12.9. The average Bonchev–Trinajstić information content (AvgIpc) is 3.18. The molecule has 1 heterocycles. The Morgan fingerprint density at radius 2 is 1.70 bits per heavy atom. The third-order valence-electron chi connectivity index (χ3n) is 5.01. The molecule has 0 unspecified atom stereocenters.